The van der Waals surface area contributed by atoms with E-state index in [9.17, 15) is 0 Å². The summed E-state index contributed by atoms with van der Waals surface area (Å²) in [5.41, 5.74) is 4.17. The molecule has 4 aromatic carbocycles. The van der Waals surface area contributed by atoms with E-state index in [0.717, 1.165) is 5.46 Å². The van der Waals surface area contributed by atoms with Crippen molar-refractivity contribution in [2.75, 3.05) is 0 Å². The Morgan fingerprint density at radius 1 is 0.633 bits per heavy atom. The lowest BCUT2D eigenvalue weighted by atomic mass is 9.76. The maximum Gasteiger partial charge on any atom is 0.494 e. The lowest BCUT2D eigenvalue weighted by Crippen LogP contribution is -2.41. The number of benzene rings is 4. The molecule has 3 heteroatoms. The Labute approximate surface area is 179 Å². The number of rotatable bonds is 2. The van der Waals surface area contributed by atoms with Crippen molar-refractivity contribution >= 4 is 34.1 Å². The summed E-state index contributed by atoms with van der Waals surface area (Å²) in [7, 11) is -0.366. The maximum atomic E-state index is 6.34. The fourth-order valence-corrected chi connectivity index (χ4v) is 4.49. The largest absolute Gasteiger partial charge is 0.494 e. The van der Waals surface area contributed by atoms with E-state index >= 15 is 0 Å². The van der Waals surface area contributed by atoms with Crippen LogP contribution in [-0.2, 0) is 9.31 Å². The van der Waals surface area contributed by atoms with Crippen molar-refractivity contribution in [3.8, 4) is 11.1 Å². The third kappa shape index (κ3) is 2.88. The van der Waals surface area contributed by atoms with Crippen LogP contribution in [0.15, 0.2) is 72.8 Å². The zero-order valence-electron chi connectivity index (χ0n) is 18.3. The van der Waals surface area contributed by atoms with Crippen LogP contribution in [0.2, 0.25) is 0 Å². The van der Waals surface area contributed by atoms with Gasteiger partial charge in [0, 0.05) is 0 Å². The second-order valence-electron chi connectivity index (χ2n) is 9.30. The molecule has 1 heterocycles. The van der Waals surface area contributed by atoms with Crippen LogP contribution in [0.25, 0.3) is 32.7 Å². The monoisotopic (exact) mass is 394 g/mol. The third-order valence-corrected chi connectivity index (χ3v) is 6.90. The Morgan fingerprint density at radius 2 is 1.20 bits per heavy atom. The molecule has 30 heavy (non-hydrogen) atoms. The second kappa shape index (κ2) is 6.70. The molecule has 0 atom stereocenters. The van der Waals surface area contributed by atoms with E-state index in [1.54, 1.807) is 0 Å². The Hall–Kier alpha value is -2.62. The molecule has 0 radical (unpaired) electrons. The van der Waals surface area contributed by atoms with Gasteiger partial charge in [-0.3, -0.25) is 0 Å². The van der Waals surface area contributed by atoms with Gasteiger partial charge in [0.15, 0.2) is 0 Å². The SMILES string of the molecule is Cc1c(-c2ccccc2)c2cc(B3OC(C)(C)C(C)(C)O3)ccc2c2ccccc12. The minimum absolute atomic E-state index is 0.353. The molecule has 0 bridgehead atoms. The van der Waals surface area contributed by atoms with Gasteiger partial charge < -0.3 is 9.31 Å². The maximum absolute atomic E-state index is 6.34. The highest BCUT2D eigenvalue weighted by Gasteiger charge is 2.51. The number of fused-ring (bicyclic) bond motifs is 3. The minimum Gasteiger partial charge on any atom is -0.399 e. The molecule has 0 spiro atoms. The fraction of sp³-hybridized carbons (Fsp3) is 0.259. The van der Waals surface area contributed by atoms with Gasteiger partial charge in [0.05, 0.1) is 11.2 Å². The summed E-state index contributed by atoms with van der Waals surface area (Å²) in [6.07, 6.45) is 0. The smallest absolute Gasteiger partial charge is 0.399 e. The average molecular weight is 394 g/mol. The zero-order valence-corrected chi connectivity index (χ0v) is 18.3. The Balaban J connectivity index is 1.78. The molecule has 1 aliphatic rings. The summed E-state index contributed by atoms with van der Waals surface area (Å²) < 4.78 is 12.7. The first kappa shape index (κ1) is 19.4. The van der Waals surface area contributed by atoms with Crippen LogP contribution in [0, 0.1) is 6.92 Å². The van der Waals surface area contributed by atoms with Gasteiger partial charge in [-0.2, -0.15) is 0 Å². The predicted octanol–water partition coefficient (Wildman–Crippen LogP) is 6.27. The van der Waals surface area contributed by atoms with Crippen molar-refractivity contribution < 1.29 is 9.31 Å². The molecule has 2 nitrogen and oxygen atoms in total. The number of hydrogen-bond donors (Lipinski definition) is 0. The zero-order chi connectivity index (χ0) is 21.1. The van der Waals surface area contributed by atoms with Gasteiger partial charge in [-0.1, -0.05) is 72.8 Å². The molecule has 0 aromatic heterocycles. The van der Waals surface area contributed by atoms with Gasteiger partial charge in [0.1, 0.15) is 0 Å². The molecule has 1 aliphatic heterocycles. The summed E-state index contributed by atoms with van der Waals surface area (Å²) in [6.45, 7) is 10.6. The van der Waals surface area contributed by atoms with Crippen LogP contribution < -0.4 is 5.46 Å². The van der Waals surface area contributed by atoms with Crippen molar-refractivity contribution in [1.82, 2.24) is 0 Å². The van der Waals surface area contributed by atoms with Crippen molar-refractivity contribution in [1.29, 1.82) is 0 Å². The molecule has 1 fully saturated rings. The van der Waals surface area contributed by atoms with Crippen LogP contribution >= 0.6 is 0 Å². The Morgan fingerprint density at radius 3 is 1.87 bits per heavy atom. The average Bonchev–Trinajstić information content (AvgIpc) is 2.96. The highest BCUT2D eigenvalue weighted by atomic mass is 16.7. The van der Waals surface area contributed by atoms with Gasteiger partial charge in [-0.05, 0) is 78.3 Å². The second-order valence-corrected chi connectivity index (χ2v) is 9.30. The van der Waals surface area contributed by atoms with Crippen molar-refractivity contribution in [2.24, 2.45) is 0 Å². The topological polar surface area (TPSA) is 18.5 Å². The molecule has 0 aliphatic carbocycles. The van der Waals surface area contributed by atoms with E-state index in [0.29, 0.717) is 0 Å². The predicted molar refractivity (Wildman–Crippen MR) is 127 cm³/mol. The van der Waals surface area contributed by atoms with E-state index < -0.39 is 0 Å². The lowest BCUT2D eigenvalue weighted by Gasteiger charge is -2.32. The molecule has 0 unspecified atom stereocenters. The van der Waals surface area contributed by atoms with Crippen LogP contribution in [0.4, 0.5) is 0 Å². The van der Waals surface area contributed by atoms with Crippen molar-refractivity contribution in [2.45, 2.75) is 45.8 Å². The molecule has 1 saturated heterocycles. The highest BCUT2D eigenvalue weighted by Crippen LogP contribution is 2.40. The fourth-order valence-electron chi connectivity index (χ4n) is 4.49. The van der Waals surface area contributed by atoms with Gasteiger partial charge in [0.25, 0.3) is 0 Å². The van der Waals surface area contributed by atoms with Gasteiger partial charge in [-0.25, -0.2) is 0 Å². The van der Waals surface area contributed by atoms with E-state index in [1.165, 1.54) is 38.2 Å². The lowest BCUT2D eigenvalue weighted by molar-refractivity contribution is 0.00578. The molecule has 0 amide bonds. The molecule has 4 aromatic rings. The molecule has 5 rings (SSSR count). The van der Waals surface area contributed by atoms with Gasteiger partial charge in [0.2, 0.25) is 0 Å². The molecule has 0 N–H and O–H groups in total. The van der Waals surface area contributed by atoms with Crippen LogP contribution in [0.1, 0.15) is 33.3 Å². The third-order valence-electron chi connectivity index (χ3n) is 6.90. The quantitative estimate of drug-likeness (QED) is 0.295. The normalized spacial score (nSPS) is 17.7. The minimum atomic E-state index is -0.366. The molecular weight excluding hydrogens is 367 g/mol. The van der Waals surface area contributed by atoms with E-state index in [1.807, 2.05) is 0 Å². The highest BCUT2D eigenvalue weighted by molar-refractivity contribution is 6.62. The summed E-state index contributed by atoms with van der Waals surface area (Å²) in [5.74, 6) is 0. The molecule has 0 saturated carbocycles. The van der Waals surface area contributed by atoms with Crippen LogP contribution in [0.5, 0.6) is 0 Å². The first-order chi connectivity index (χ1) is 14.3. The van der Waals surface area contributed by atoms with E-state index in [2.05, 4.69) is 107 Å². The van der Waals surface area contributed by atoms with Crippen molar-refractivity contribution in [3.63, 3.8) is 0 Å². The number of hydrogen-bond acceptors (Lipinski definition) is 2. The summed E-state index contributed by atoms with van der Waals surface area (Å²) in [6, 6.07) is 26.0. The van der Waals surface area contributed by atoms with Gasteiger partial charge in [-0.15, -0.1) is 0 Å². The Bertz CT molecular complexity index is 1240. The first-order valence-electron chi connectivity index (χ1n) is 10.6. The first-order valence-corrected chi connectivity index (χ1v) is 10.6. The Kier molecular flexibility index (Phi) is 4.32. The van der Waals surface area contributed by atoms with Gasteiger partial charge >= 0.3 is 7.12 Å². The number of aryl methyl sites for hydroxylation is 1. The standard InChI is InChI=1S/C27H27BO2/c1-18-21-13-9-10-14-22(21)23-16-15-20(28-29-26(2,3)27(4,5)30-28)17-24(23)25(18)19-11-7-6-8-12-19/h6-17H,1-5H3. The summed E-state index contributed by atoms with van der Waals surface area (Å²) >= 11 is 0. The molecule has 150 valence electrons. The van der Waals surface area contributed by atoms with E-state index in [-0.39, 0.29) is 18.3 Å². The van der Waals surface area contributed by atoms with Crippen LogP contribution in [-0.4, -0.2) is 18.3 Å². The van der Waals surface area contributed by atoms with E-state index in [4.69, 9.17) is 9.31 Å². The summed E-state index contributed by atoms with van der Waals surface area (Å²) in [5, 5.41) is 5.08. The van der Waals surface area contributed by atoms with Crippen LogP contribution in [0.3, 0.4) is 0 Å². The molecular formula is C27H27BO2. The summed E-state index contributed by atoms with van der Waals surface area (Å²) in [4.78, 5) is 0. The van der Waals surface area contributed by atoms with Crippen molar-refractivity contribution in [3.05, 3.63) is 78.4 Å².